The molecule has 3 atom stereocenters. The molecule has 5 nitrogen and oxygen atoms in total. The number of rotatable bonds is 4. The molecule has 4 rings (SSSR count). The average Bonchev–Trinajstić information content (AvgIpc) is 3.37. The van der Waals surface area contributed by atoms with E-state index in [1.165, 1.54) is 5.56 Å². The van der Waals surface area contributed by atoms with Gasteiger partial charge in [-0.15, -0.1) is 0 Å². The summed E-state index contributed by atoms with van der Waals surface area (Å²) in [5.74, 6) is 0. The van der Waals surface area contributed by atoms with E-state index < -0.39 is 0 Å². The van der Waals surface area contributed by atoms with Crippen LogP contribution in [-0.2, 0) is 10.3 Å². The molecule has 0 radical (unpaired) electrons. The summed E-state index contributed by atoms with van der Waals surface area (Å²) >= 11 is 5.73. The fourth-order valence-corrected chi connectivity index (χ4v) is 4.29. The average molecular weight is 385 g/mol. The second-order valence-corrected chi connectivity index (χ2v) is 8.82. The highest BCUT2D eigenvalue weighted by atomic mass is 32.1. The molecule has 144 valence electrons. The summed E-state index contributed by atoms with van der Waals surface area (Å²) in [4.78, 5) is 6.90. The van der Waals surface area contributed by atoms with Gasteiger partial charge in [-0.25, -0.2) is 0 Å². The van der Waals surface area contributed by atoms with E-state index in [1.807, 2.05) is 18.3 Å². The number of aromatic nitrogens is 2. The van der Waals surface area contributed by atoms with E-state index in [1.54, 1.807) is 0 Å². The Kier molecular flexibility index (Phi) is 4.95. The van der Waals surface area contributed by atoms with Crippen LogP contribution in [0.3, 0.4) is 0 Å². The Bertz CT molecular complexity index is 792. The van der Waals surface area contributed by atoms with Crippen LogP contribution in [0.25, 0.3) is 0 Å². The first-order valence-electron chi connectivity index (χ1n) is 9.71. The fourth-order valence-electron chi connectivity index (χ4n) is 3.98. The molecule has 0 spiro atoms. The Morgan fingerprint density at radius 3 is 2.78 bits per heavy atom. The third-order valence-electron chi connectivity index (χ3n) is 5.45. The summed E-state index contributed by atoms with van der Waals surface area (Å²) in [7, 11) is 0. The molecule has 2 saturated heterocycles. The first-order valence-corrected chi connectivity index (χ1v) is 10.1. The molecule has 0 amide bonds. The minimum Gasteiger partial charge on any atom is -0.376 e. The van der Waals surface area contributed by atoms with Crippen molar-refractivity contribution in [1.29, 1.82) is 0 Å². The highest BCUT2D eigenvalue weighted by molar-refractivity contribution is 7.80. The maximum absolute atomic E-state index is 5.90. The summed E-state index contributed by atoms with van der Waals surface area (Å²) in [6.07, 6.45) is 8.74. The quantitative estimate of drug-likeness (QED) is 0.813. The van der Waals surface area contributed by atoms with Gasteiger partial charge in [-0.2, -0.15) is 0 Å². The van der Waals surface area contributed by atoms with E-state index in [9.17, 15) is 0 Å². The lowest BCUT2D eigenvalue weighted by Gasteiger charge is -2.29. The summed E-state index contributed by atoms with van der Waals surface area (Å²) in [6, 6.07) is 8.42. The maximum atomic E-state index is 5.90. The summed E-state index contributed by atoms with van der Waals surface area (Å²) in [5.41, 5.74) is 2.32. The molecular formula is C21H28N4OS. The SMILES string of the molecule is CC(C)(C)n1ccc([C@@H]2[C@H](c3ccccn3)NC(=S)N2C[C@H]2CCCO2)c1. The zero-order valence-corrected chi connectivity index (χ0v) is 17.1. The number of ether oxygens (including phenoxy) is 1. The van der Waals surface area contributed by atoms with Crippen LogP contribution in [0.5, 0.6) is 0 Å². The Labute approximate surface area is 166 Å². The topological polar surface area (TPSA) is 42.3 Å². The van der Waals surface area contributed by atoms with E-state index in [4.69, 9.17) is 17.0 Å². The molecule has 0 bridgehead atoms. The fraction of sp³-hybridized carbons (Fsp3) is 0.524. The number of nitrogens with zero attached hydrogens (tertiary/aromatic N) is 3. The zero-order valence-electron chi connectivity index (χ0n) is 16.3. The summed E-state index contributed by atoms with van der Waals surface area (Å²) < 4.78 is 8.17. The Morgan fingerprint density at radius 1 is 1.30 bits per heavy atom. The summed E-state index contributed by atoms with van der Waals surface area (Å²) in [6.45, 7) is 8.33. The van der Waals surface area contributed by atoms with Gasteiger partial charge in [0.05, 0.1) is 23.9 Å². The predicted octanol–water partition coefficient (Wildman–Crippen LogP) is 3.79. The van der Waals surface area contributed by atoms with Crippen molar-refractivity contribution in [1.82, 2.24) is 19.8 Å². The lowest BCUT2D eigenvalue weighted by atomic mass is 9.98. The van der Waals surface area contributed by atoms with Gasteiger partial charge in [-0.1, -0.05) is 6.07 Å². The van der Waals surface area contributed by atoms with Crippen molar-refractivity contribution in [3.05, 3.63) is 54.1 Å². The van der Waals surface area contributed by atoms with Gasteiger partial charge in [0.25, 0.3) is 0 Å². The molecule has 2 aliphatic rings. The zero-order chi connectivity index (χ0) is 19.0. The van der Waals surface area contributed by atoms with Crippen molar-refractivity contribution >= 4 is 17.3 Å². The minimum atomic E-state index is 0.0379. The van der Waals surface area contributed by atoms with Gasteiger partial charge >= 0.3 is 0 Å². The smallest absolute Gasteiger partial charge is 0.170 e. The van der Waals surface area contributed by atoms with Crippen LogP contribution < -0.4 is 5.32 Å². The molecule has 4 heterocycles. The highest BCUT2D eigenvalue weighted by Crippen LogP contribution is 2.39. The second kappa shape index (κ2) is 7.24. The van der Waals surface area contributed by atoms with E-state index >= 15 is 0 Å². The van der Waals surface area contributed by atoms with Gasteiger partial charge in [0.15, 0.2) is 5.11 Å². The van der Waals surface area contributed by atoms with Crippen LogP contribution in [0, 0.1) is 0 Å². The van der Waals surface area contributed by atoms with Gasteiger partial charge in [0.2, 0.25) is 0 Å². The minimum absolute atomic E-state index is 0.0379. The van der Waals surface area contributed by atoms with Gasteiger partial charge in [-0.3, -0.25) is 4.98 Å². The molecule has 2 aromatic heterocycles. The van der Waals surface area contributed by atoms with E-state index in [0.717, 1.165) is 36.8 Å². The third kappa shape index (κ3) is 3.73. The van der Waals surface area contributed by atoms with Crippen LogP contribution in [0.15, 0.2) is 42.9 Å². The number of thiocarbonyl (C=S) groups is 1. The number of hydrogen-bond donors (Lipinski definition) is 1. The van der Waals surface area contributed by atoms with Gasteiger partial charge < -0.3 is 19.5 Å². The van der Waals surface area contributed by atoms with Crippen LogP contribution in [0.4, 0.5) is 0 Å². The molecule has 0 saturated carbocycles. The highest BCUT2D eigenvalue weighted by Gasteiger charge is 2.41. The van der Waals surface area contributed by atoms with Crippen molar-refractivity contribution in [2.24, 2.45) is 0 Å². The van der Waals surface area contributed by atoms with Crippen molar-refractivity contribution in [2.75, 3.05) is 13.2 Å². The van der Waals surface area contributed by atoms with Crippen molar-refractivity contribution in [2.45, 2.75) is 57.3 Å². The van der Waals surface area contributed by atoms with E-state index in [2.05, 4.69) is 65.1 Å². The standard InChI is InChI=1S/C21H28N4OS/c1-21(2,3)24-11-9-15(13-24)19-18(17-8-4-5-10-22-17)23-20(27)25(19)14-16-7-6-12-26-16/h4-5,8-11,13,16,18-19H,6-7,12,14H2,1-3H3,(H,23,27)/t16-,18+,19-/m1/s1. The number of nitrogens with one attached hydrogen (secondary N) is 1. The number of hydrogen-bond acceptors (Lipinski definition) is 3. The number of pyridine rings is 1. The van der Waals surface area contributed by atoms with E-state index in [0.29, 0.717) is 0 Å². The largest absolute Gasteiger partial charge is 0.376 e. The van der Waals surface area contributed by atoms with Crippen LogP contribution >= 0.6 is 12.2 Å². The lowest BCUT2D eigenvalue weighted by Crippen LogP contribution is -2.36. The van der Waals surface area contributed by atoms with Crippen molar-refractivity contribution in [3.63, 3.8) is 0 Å². The summed E-state index contributed by atoms with van der Waals surface area (Å²) in [5, 5.41) is 4.31. The molecule has 2 aromatic rings. The monoisotopic (exact) mass is 384 g/mol. The Morgan fingerprint density at radius 2 is 2.15 bits per heavy atom. The maximum Gasteiger partial charge on any atom is 0.170 e. The predicted molar refractivity (Wildman–Crippen MR) is 111 cm³/mol. The van der Waals surface area contributed by atoms with Gasteiger partial charge in [-0.05, 0) is 69.6 Å². The van der Waals surface area contributed by atoms with Crippen molar-refractivity contribution < 1.29 is 4.74 Å². The first kappa shape index (κ1) is 18.4. The van der Waals surface area contributed by atoms with Crippen LogP contribution in [-0.4, -0.2) is 38.8 Å². The normalized spacial score (nSPS) is 25.8. The second-order valence-electron chi connectivity index (χ2n) is 8.44. The molecule has 1 N–H and O–H groups in total. The molecule has 0 unspecified atom stereocenters. The van der Waals surface area contributed by atoms with Crippen LogP contribution in [0.1, 0.15) is 57.0 Å². The molecular weight excluding hydrogens is 356 g/mol. The molecule has 2 fully saturated rings. The van der Waals surface area contributed by atoms with Crippen LogP contribution in [0.2, 0.25) is 0 Å². The lowest BCUT2D eigenvalue weighted by molar-refractivity contribution is 0.0842. The first-order chi connectivity index (χ1) is 12.9. The Hall–Kier alpha value is -1.92. The molecule has 0 aliphatic carbocycles. The molecule has 0 aromatic carbocycles. The third-order valence-corrected chi connectivity index (χ3v) is 5.81. The molecule has 2 aliphatic heterocycles. The van der Waals surface area contributed by atoms with Crippen molar-refractivity contribution in [3.8, 4) is 0 Å². The Balaban J connectivity index is 1.69. The van der Waals surface area contributed by atoms with E-state index in [-0.39, 0.29) is 23.7 Å². The molecule has 27 heavy (non-hydrogen) atoms. The molecule has 6 heteroatoms. The van der Waals surface area contributed by atoms with Gasteiger partial charge in [0, 0.05) is 37.3 Å². The van der Waals surface area contributed by atoms with Gasteiger partial charge in [0.1, 0.15) is 0 Å².